The predicted molar refractivity (Wildman–Crippen MR) is 66.0 cm³/mol. The standard InChI is InChI=1S/C13H15F3N2O2/c1-20-10-5-3-2-4-9(10)8-11(13(14,15)16)18-7-6-12(19)17-18/h2-5,11H,6-8H2,1H3,(H,17,19). The molecular weight excluding hydrogens is 273 g/mol. The van der Waals surface area contributed by atoms with Crippen LogP contribution in [0, 0.1) is 0 Å². The molecule has 1 fully saturated rings. The number of nitrogens with one attached hydrogen (secondary N) is 1. The molecule has 20 heavy (non-hydrogen) atoms. The van der Waals surface area contributed by atoms with Gasteiger partial charge in [0.2, 0.25) is 5.91 Å². The van der Waals surface area contributed by atoms with Gasteiger partial charge in [0.05, 0.1) is 7.11 Å². The van der Waals surface area contributed by atoms with Crippen LogP contribution in [0.1, 0.15) is 12.0 Å². The molecule has 1 heterocycles. The second-order valence-corrected chi connectivity index (χ2v) is 4.55. The third kappa shape index (κ3) is 3.22. The molecule has 0 aromatic heterocycles. The van der Waals surface area contributed by atoms with Crippen molar-refractivity contribution in [3.05, 3.63) is 29.8 Å². The summed E-state index contributed by atoms with van der Waals surface area (Å²) in [5.74, 6) is 0.0200. The van der Waals surface area contributed by atoms with E-state index in [4.69, 9.17) is 4.74 Å². The van der Waals surface area contributed by atoms with Crippen molar-refractivity contribution in [2.45, 2.75) is 25.1 Å². The molecule has 1 N–H and O–H groups in total. The first kappa shape index (κ1) is 14.6. The first-order chi connectivity index (χ1) is 9.41. The zero-order chi connectivity index (χ0) is 14.8. The smallest absolute Gasteiger partial charge is 0.406 e. The molecule has 0 radical (unpaired) electrons. The van der Waals surface area contributed by atoms with Crippen molar-refractivity contribution in [2.75, 3.05) is 13.7 Å². The lowest BCUT2D eigenvalue weighted by Crippen LogP contribution is -2.51. The number of carbonyl (C=O) groups excluding carboxylic acids is 1. The molecule has 0 aliphatic carbocycles. The number of halogens is 3. The number of carbonyl (C=O) groups is 1. The molecule has 1 amide bonds. The van der Waals surface area contributed by atoms with Crippen LogP contribution in [0.4, 0.5) is 13.2 Å². The zero-order valence-electron chi connectivity index (χ0n) is 10.9. The van der Waals surface area contributed by atoms with Crippen molar-refractivity contribution >= 4 is 5.91 Å². The summed E-state index contributed by atoms with van der Waals surface area (Å²) >= 11 is 0. The first-order valence-electron chi connectivity index (χ1n) is 6.16. The van der Waals surface area contributed by atoms with Gasteiger partial charge in [0.25, 0.3) is 0 Å². The fourth-order valence-corrected chi connectivity index (χ4v) is 2.21. The fraction of sp³-hybridized carbons (Fsp3) is 0.462. The van der Waals surface area contributed by atoms with E-state index in [1.165, 1.54) is 7.11 Å². The van der Waals surface area contributed by atoms with Crippen LogP contribution in [-0.4, -0.2) is 36.8 Å². The van der Waals surface area contributed by atoms with Gasteiger partial charge in [-0.1, -0.05) is 18.2 Å². The van der Waals surface area contributed by atoms with Gasteiger partial charge in [-0.2, -0.15) is 13.2 Å². The minimum Gasteiger partial charge on any atom is -0.496 e. The average molecular weight is 288 g/mol. The minimum atomic E-state index is -4.43. The monoisotopic (exact) mass is 288 g/mol. The molecule has 1 unspecified atom stereocenters. The van der Waals surface area contributed by atoms with Crippen LogP contribution in [0.5, 0.6) is 5.75 Å². The topological polar surface area (TPSA) is 41.6 Å². The fourth-order valence-electron chi connectivity index (χ4n) is 2.21. The van der Waals surface area contributed by atoms with Crippen molar-refractivity contribution in [1.29, 1.82) is 0 Å². The summed E-state index contributed by atoms with van der Waals surface area (Å²) in [7, 11) is 1.42. The molecule has 1 aliphatic heterocycles. The second kappa shape index (κ2) is 5.70. The van der Waals surface area contributed by atoms with Gasteiger partial charge >= 0.3 is 6.18 Å². The molecular formula is C13H15F3N2O2. The summed E-state index contributed by atoms with van der Waals surface area (Å²) in [6.45, 7) is 0.0537. The number of amides is 1. The van der Waals surface area contributed by atoms with E-state index in [2.05, 4.69) is 5.43 Å². The number of rotatable bonds is 4. The Bertz CT molecular complexity index is 491. The molecule has 1 atom stereocenters. The van der Waals surface area contributed by atoms with Crippen LogP contribution < -0.4 is 10.2 Å². The van der Waals surface area contributed by atoms with E-state index in [0.717, 1.165) is 5.01 Å². The maximum Gasteiger partial charge on any atom is 0.406 e. The number of nitrogens with zero attached hydrogens (tertiary/aromatic N) is 1. The maximum absolute atomic E-state index is 13.2. The highest BCUT2D eigenvalue weighted by atomic mass is 19.4. The largest absolute Gasteiger partial charge is 0.496 e. The van der Waals surface area contributed by atoms with Gasteiger partial charge < -0.3 is 4.74 Å². The Kier molecular flexibility index (Phi) is 4.17. The van der Waals surface area contributed by atoms with Crippen molar-refractivity contribution in [2.24, 2.45) is 0 Å². The van der Waals surface area contributed by atoms with E-state index in [1.807, 2.05) is 0 Å². The Morgan fingerprint density at radius 1 is 1.40 bits per heavy atom. The molecule has 2 rings (SSSR count). The van der Waals surface area contributed by atoms with Gasteiger partial charge in [-0.15, -0.1) is 0 Å². The number of para-hydroxylation sites is 1. The highest BCUT2D eigenvalue weighted by Crippen LogP contribution is 2.30. The van der Waals surface area contributed by atoms with E-state index in [0.29, 0.717) is 11.3 Å². The Labute approximate surface area is 114 Å². The van der Waals surface area contributed by atoms with Crippen molar-refractivity contribution < 1.29 is 22.7 Å². The van der Waals surface area contributed by atoms with E-state index < -0.39 is 12.2 Å². The number of ether oxygens (including phenoxy) is 1. The van der Waals surface area contributed by atoms with Crippen LogP contribution in [0.15, 0.2) is 24.3 Å². The van der Waals surface area contributed by atoms with Crippen molar-refractivity contribution in [3.8, 4) is 5.75 Å². The third-order valence-electron chi connectivity index (χ3n) is 3.21. The van der Waals surface area contributed by atoms with E-state index in [-0.39, 0.29) is 25.3 Å². The molecule has 0 bridgehead atoms. The van der Waals surface area contributed by atoms with Crippen LogP contribution in [-0.2, 0) is 11.2 Å². The zero-order valence-corrected chi connectivity index (χ0v) is 10.9. The lowest BCUT2D eigenvalue weighted by Gasteiger charge is -2.29. The van der Waals surface area contributed by atoms with Gasteiger partial charge in [0, 0.05) is 19.4 Å². The minimum absolute atomic E-state index is 0.0537. The third-order valence-corrected chi connectivity index (χ3v) is 3.21. The predicted octanol–water partition coefficient (Wildman–Crippen LogP) is 1.91. The van der Waals surface area contributed by atoms with Gasteiger partial charge in [0.15, 0.2) is 0 Å². The quantitative estimate of drug-likeness (QED) is 0.920. The summed E-state index contributed by atoms with van der Waals surface area (Å²) < 4.78 is 44.6. The number of benzene rings is 1. The summed E-state index contributed by atoms with van der Waals surface area (Å²) in [5, 5.41) is 0.953. The Hall–Kier alpha value is -1.76. The van der Waals surface area contributed by atoms with Crippen LogP contribution in [0.25, 0.3) is 0 Å². The van der Waals surface area contributed by atoms with Gasteiger partial charge in [-0.25, -0.2) is 5.01 Å². The Morgan fingerprint density at radius 2 is 2.10 bits per heavy atom. The highest BCUT2D eigenvalue weighted by Gasteiger charge is 2.46. The van der Waals surface area contributed by atoms with Gasteiger partial charge in [-0.3, -0.25) is 10.2 Å². The second-order valence-electron chi connectivity index (χ2n) is 4.55. The van der Waals surface area contributed by atoms with Crippen molar-refractivity contribution in [1.82, 2.24) is 10.4 Å². The van der Waals surface area contributed by atoms with Crippen molar-refractivity contribution in [3.63, 3.8) is 0 Å². The van der Waals surface area contributed by atoms with E-state index >= 15 is 0 Å². The number of alkyl halides is 3. The first-order valence-corrected chi connectivity index (χ1v) is 6.16. The molecule has 0 saturated carbocycles. The number of hydrogen-bond donors (Lipinski definition) is 1. The Balaban J connectivity index is 2.22. The molecule has 7 heteroatoms. The number of methoxy groups -OCH3 is 1. The average Bonchev–Trinajstić information content (AvgIpc) is 2.81. The molecule has 1 aromatic carbocycles. The van der Waals surface area contributed by atoms with Crippen LogP contribution in [0.3, 0.4) is 0 Å². The summed E-state index contributed by atoms with van der Waals surface area (Å²) in [4.78, 5) is 11.1. The van der Waals surface area contributed by atoms with Crippen LogP contribution >= 0.6 is 0 Å². The summed E-state index contributed by atoms with van der Waals surface area (Å²) in [6.07, 6.45) is -4.62. The lowest BCUT2D eigenvalue weighted by molar-refractivity contribution is -0.188. The van der Waals surface area contributed by atoms with Crippen LogP contribution in [0.2, 0.25) is 0 Å². The molecule has 1 saturated heterocycles. The molecule has 110 valence electrons. The van der Waals surface area contributed by atoms with E-state index in [9.17, 15) is 18.0 Å². The lowest BCUT2D eigenvalue weighted by atomic mass is 10.0. The van der Waals surface area contributed by atoms with E-state index in [1.54, 1.807) is 24.3 Å². The maximum atomic E-state index is 13.2. The Morgan fingerprint density at radius 3 is 2.65 bits per heavy atom. The molecule has 4 nitrogen and oxygen atoms in total. The van der Waals surface area contributed by atoms with Gasteiger partial charge in [0.1, 0.15) is 11.8 Å². The molecule has 1 aromatic rings. The number of hydrogen-bond acceptors (Lipinski definition) is 3. The summed E-state index contributed by atoms with van der Waals surface area (Å²) in [6, 6.07) is 4.81. The summed E-state index contributed by atoms with van der Waals surface area (Å²) in [5.41, 5.74) is 2.71. The number of hydrazine groups is 1. The molecule has 1 aliphatic rings. The normalized spacial score (nSPS) is 17.9. The van der Waals surface area contributed by atoms with Gasteiger partial charge in [-0.05, 0) is 11.6 Å². The highest BCUT2D eigenvalue weighted by molar-refractivity contribution is 5.77. The molecule has 0 spiro atoms. The SMILES string of the molecule is COc1ccccc1CC(N1CCC(=O)N1)C(F)(F)F.